The molecule has 1 fully saturated rings. The molecular weight excluding hydrogens is 336 g/mol. The SMILES string of the molecule is CCS(=O)(=O)N1CCC(C(=O)N(C)Cc2ccc(Cl)cc2)CC1. The summed E-state index contributed by atoms with van der Waals surface area (Å²) in [7, 11) is -1.36. The van der Waals surface area contributed by atoms with Gasteiger partial charge in [-0.15, -0.1) is 0 Å². The van der Waals surface area contributed by atoms with E-state index in [1.54, 1.807) is 18.9 Å². The van der Waals surface area contributed by atoms with E-state index in [0.717, 1.165) is 5.56 Å². The molecule has 1 saturated heterocycles. The molecule has 5 nitrogen and oxygen atoms in total. The Morgan fingerprint density at radius 1 is 1.26 bits per heavy atom. The van der Waals surface area contributed by atoms with E-state index in [0.29, 0.717) is 37.5 Å². The lowest BCUT2D eigenvalue weighted by Crippen LogP contribution is -2.43. The van der Waals surface area contributed by atoms with Gasteiger partial charge in [0.2, 0.25) is 15.9 Å². The lowest BCUT2D eigenvalue weighted by atomic mass is 9.96. The first-order chi connectivity index (χ1) is 10.8. The van der Waals surface area contributed by atoms with Gasteiger partial charge in [-0.2, -0.15) is 0 Å². The van der Waals surface area contributed by atoms with E-state index < -0.39 is 10.0 Å². The Morgan fingerprint density at radius 2 is 1.83 bits per heavy atom. The Bertz CT molecular complexity index is 638. The predicted octanol–water partition coefficient (Wildman–Crippen LogP) is 2.36. The zero-order chi connectivity index (χ0) is 17.0. The first-order valence-electron chi connectivity index (χ1n) is 7.80. The van der Waals surface area contributed by atoms with Gasteiger partial charge >= 0.3 is 0 Å². The molecule has 1 aliphatic heterocycles. The molecule has 1 aromatic rings. The van der Waals surface area contributed by atoms with Crippen molar-refractivity contribution in [1.82, 2.24) is 9.21 Å². The number of sulfonamides is 1. The fraction of sp³-hybridized carbons (Fsp3) is 0.562. The molecule has 0 N–H and O–H groups in total. The van der Waals surface area contributed by atoms with Crippen LogP contribution in [0.1, 0.15) is 25.3 Å². The Labute approximate surface area is 143 Å². The first kappa shape index (κ1) is 18.2. The van der Waals surface area contributed by atoms with Crippen molar-refractivity contribution >= 4 is 27.5 Å². The summed E-state index contributed by atoms with van der Waals surface area (Å²) in [5.74, 6) is 0.0892. The maximum absolute atomic E-state index is 12.5. The summed E-state index contributed by atoms with van der Waals surface area (Å²) >= 11 is 5.86. The highest BCUT2D eigenvalue weighted by molar-refractivity contribution is 7.89. The number of piperidine rings is 1. The van der Waals surface area contributed by atoms with Gasteiger partial charge in [0.05, 0.1) is 5.75 Å². The van der Waals surface area contributed by atoms with Gasteiger partial charge in [-0.25, -0.2) is 12.7 Å². The van der Waals surface area contributed by atoms with Crippen molar-refractivity contribution in [2.75, 3.05) is 25.9 Å². The fourth-order valence-electron chi connectivity index (χ4n) is 2.82. The minimum atomic E-state index is -3.15. The third kappa shape index (κ3) is 4.68. The average molecular weight is 359 g/mol. The van der Waals surface area contributed by atoms with E-state index in [4.69, 9.17) is 11.6 Å². The second kappa shape index (κ2) is 7.64. The van der Waals surface area contributed by atoms with Crippen molar-refractivity contribution in [1.29, 1.82) is 0 Å². The molecule has 1 aromatic carbocycles. The van der Waals surface area contributed by atoms with Crippen LogP contribution in [0.3, 0.4) is 0 Å². The van der Waals surface area contributed by atoms with Crippen LogP contribution in [-0.2, 0) is 21.4 Å². The van der Waals surface area contributed by atoms with E-state index in [9.17, 15) is 13.2 Å². The highest BCUT2D eigenvalue weighted by Crippen LogP contribution is 2.22. The molecule has 1 aliphatic rings. The molecule has 0 radical (unpaired) electrons. The molecule has 1 heterocycles. The van der Waals surface area contributed by atoms with Crippen LogP contribution in [0.2, 0.25) is 5.02 Å². The highest BCUT2D eigenvalue weighted by atomic mass is 35.5. The molecule has 0 aliphatic carbocycles. The number of rotatable bonds is 5. The number of amides is 1. The lowest BCUT2D eigenvalue weighted by molar-refractivity contribution is -0.135. The van der Waals surface area contributed by atoms with Gasteiger partial charge < -0.3 is 4.90 Å². The van der Waals surface area contributed by atoms with Gasteiger partial charge in [-0.1, -0.05) is 23.7 Å². The number of carbonyl (C=O) groups excluding carboxylic acids is 1. The summed E-state index contributed by atoms with van der Waals surface area (Å²) in [5, 5.41) is 0.673. The summed E-state index contributed by atoms with van der Waals surface area (Å²) in [6.07, 6.45) is 1.17. The third-order valence-electron chi connectivity index (χ3n) is 4.27. The minimum Gasteiger partial charge on any atom is -0.341 e. The predicted molar refractivity (Wildman–Crippen MR) is 91.7 cm³/mol. The summed E-state index contributed by atoms with van der Waals surface area (Å²) in [6, 6.07) is 7.43. The standard InChI is InChI=1S/C16H23ClN2O3S/c1-3-23(21,22)19-10-8-14(9-11-19)16(20)18(2)12-13-4-6-15(17)7-5-13/h4-7,14H,3,8-12H2,1-2H3. The molecule has 0 spiro atoms. The van der Waals surface area contributed by atoms with Crippen molar-refractivity contribution in [3.63, 3.8) is 0 Å². The number of carbonyl (C=O) groups is 1. The monoisotopic (exact) mass is 358 g/mol. The summed E-state index contributed by atoms with van der Waals surface area (Å²) in [6.45, 7) is 3.04. The van der Waals surface area contributed by atoms with Crippen molar-refractivity contribution in [2.45, 2.75) is 26.3 Å². The average Bonchev–Trinajstić information content (AvgIpc) is 2.56. The zero-order valence-corrected chi connectivity index (χ0v) is 15.1. The largest absolute Gasteiger partial charge is 0.341 e. The van der Waals surface area contributed by atoms with Gasteiger partial charge in [0.1, 0.15) is 0 Å². The number of halogens is 1. The van der Waals surface area contributed by atoms with Crippen molar-refractivity contribution in [3.8, 4) is 0 Å². The van der Waals surface area contributed by atoms with Crippen LogP contribution in [-0.4, -0.2) is 49.4 Å². The van der Waals surface area contributed by atoms with E-state index in [1.165, 1.54) is 4.31 Å². The smallest absolute Gasteiger partial charge is 0.225 e. The van der Waals surface area contributed by atoms with Gasteiger partial charge in [0.25, 0.3) is 0 Å². The molecule has 1 amide bonds. The first-order valence-corrected chi connectivity index (χ1v) is 9.79. The molecule has 0 bridgehead atoms. The Morgan fingerprint density at radius 3 is 2.35 bits per heavy atom. The fourth-order valence-corrected chi connectivity index (χ4v) is 4.08. The molecule has 0 aromatic heterocycles. The number of benzene rings is 1. The molecule has 2 rings (SSSR count). The summed E-state index contributed by atoms with van der Waals surface area (Å²) < 4.78 is 25.2. The van der Waals surface area contributed by atoms with Gasteiger partial charge in [-0.05, 0) is 37.5 Å². The van der Waals surface area contributed by atoms with Crippen molar-refractivity contribution in [3.05, 3.63) is 34.9 Å². The second-order valence-corrected chi connectivity index (χ2v) is 8.59. The third-order valence-corrected chi connectivity index (χ3v) is 6.40. The number of hydrogen-bond donors (Lipinski definition) is 0. The molecular formula is C16H23ClN2O3S. The molecule has 0 atom stereocenters. The highest BCUT2D eigenvalue weighted by Gasteiger charge is 2.31. The van der Waals surface area contributed by atoms with Crippen LogP contribution >= 0.6 is 11.6 Å². The number of hydrogen-bond acceptors (Lipinski definition) is 3. The van der Waals surface area contributed by atoms with Crippen LogP contribution in [0.4, 0.5) is 0 Å². The van der Waals surface area contributed by atoms with E-state index in [-0.39, 0.29) is 17.6 Å². The Hall–Kier alpha value is -1.11. The normalized spacial score (nSPS) is 17.2. The van der Waals surface area contributed by atoms with Gasteiger partial charge in [0.15, 0.2) is 0 Å². The maximum atomic E-state index is 12.5. The summed E-state index contributed by atoms with van der Waals surface area (Å²) in [4.78, 5) is 14.2. The Balaban J connectivity index is 1.90. The van der Waals surface area contributed by atoms with E-state index >= 15 is 0 Å². The number of nitrogens with zero attached hydrogens (tertiary/aromatic N) is 2. The molecule has 23 heavy (non-hydrogen) atoms. The topological polar surface area (TPSA) is 57.7 Å². The molecule has 128 valence electrons. The van der Waals surface area contributed by atoms with Crippen LogP contribution in [0.25, 0.3) is 0 Å². The van der Waals surface area contributed by atoms with Crippen molar-refractivity contribution < 1.29 is 13.2 Å². The van der Waals surface area contributed by atoms with Crippen LogP contribution in [0.5, 0.6) is 0 Å². The summed E-state index contributed by atoms with van der Waals surface area (Å²) in [5.41, 5.74) is 1.02. The minimum absolute atomic E-state index is 0.0773. The Kier molecular flexibility index (Phi) is 6.06. The van der Waals surface area contributed by atoms with Gasteiger partial charge in [0, 0.05) is 37.6 Å². The molecule has 7 heteroatoms. The lowest BCUT2D eigenvalue weighted by Gasteiger charge is -2.32. The second-order valence-electron chi connectivity index (χ2n) is 5.89. The van der Waals surface area contributed by atoms with Crippen LogP contribution < -0.4 is 0 Å². The quantitative estimate of drug-likeness (QED) is 0.811. The molecule has 0 unspecified atom stereocenters. The van der Waals surface area contributed by atoms with Gasteiger partial charge in [-0.3, -0.25) is 4.79 Å². The molecule has 0 saturated carbocycles. The van der Waals surface area contributed by atoms with E-state index in [1.807, 2.05) is 24.3 Å². The van der Waals surface area contributed by atoms with Crippen LogP contribution in [0.15, 0.2) is 24.3 Å². The van der Waals surface area contributed by atoms with E-state index in [2.05, 4.69) is 0 Å². The maximum Gasteiger partial charge on any atom is 0.225 e. The van der Waals surface area contributed by atoms with Crippen LogP contribution in [0, 0.1) is 5.92 Å². The zero-order valence-electron chi connectivity index (χ0n) is 13.5. The van der Waals surface area contributed by atoms with Crippen molar-refractivity contribution in [2.24, 2.45) is 5.92 Å².